The van der Waals surface area contributed by atoms with E-state index >= 15 is 0 Å². The first kappa shape index (κ1) is 17.0. The molecule has 24 heavy (non-hydrogen) atoms. The molecule has 2 aliphatic rings. The Labute approximate surface area is 145 Å². The highest BCUT2D eigenvalue weighted by Crippen LogP contribution is 2.27. The van der Waals surface area contributed by atoms with E-state index in [0.29, 0.717) is 6.54 Å². The van der Waals surface area contributed by atoms with Crippen LogP contribution in [0.5, 0.6) is 0 Å². The molecule has 0 amide bonds. The first-order valence-electron chi connectivity index (χ1n) is 9.15. The van der Waals surface area contributed by atoms with Gasteiger partial charge >= 0.3 is 0 Å². The smallest absolute Gasteiger partial charge is 0.191 e. The molecular formula is C18H30N6. The molecule has 1 aliphatic heterocycles. The maximum Gasteiger partial charge on any atom is 0.191 e. The lowest BCUT2D eigenvalue weighted by atomic mass is 10.2. The third-order valence-electron chi connectivity index (χ3n) is 4.66. The molecule has 0 aromatic carbocycles. The van der Waals surface area contributed by atoms with E-state index in [2.05, 4.69) is 51.5 Å². The number of guanidine groups is 1. The van der Waals surface area contributed by atoms with E-state index in [9.17, 15) is 0 Å². The second-order valence-electron chi connectivity index (χ2n) is 6.83. The molecule has 0 atom stereocenters. The van der Waals surface area contributed by atoms with Crippen molar-refractivity contribution in [3.63, 3.8) is 0 Å². The quantitative estimate of drug-likeness (QED) is 0.608. The number of nitrogens with zero attached hydrogens (tertiary/aromatic N) is 4. The lowest BCUT2D eigenvalue weighted by Crippen LogP contribution is -2.44. The fourth-order valence-corrected chi connectivity index (χ4v) is 2.84. The molecule has 1 aromatic rings. The number of nitrogens with one attached hydrogen (secondary N) is 2. The molecule has 0 spiro atoms. The lowest BCUT2D eigenvalue weighted by Gasteiger charge is -2.33. The van der Waals surface area contributed by atoms with Crippen molar-refractivity contribution < 1.29 is 0 Å². The molecular weight excluding hydrogens is 300 g/mol. The van der Waals surface area contributed by atoms with Crippen LogP contribution in [0.25, 0.3) is 0 Å². The van der Waals surface area contributed by atoms with Gasteiger partial charge in [-0.15, -0.1) is 0 Å². The van der Waals surface area contributed by atoms with E-state index in [0.717, 1.165) is 57.0 Å². The van der Waals surface area contributed by atoms with Crippen LogP contribution in [0.2, 0.25) is 0 Å². The Morgan fingerprint density at radius 2 is 2.04 bits per heavy atom. The summed E-state index contributed by atoms with van der Waals surface area (Å²) in [6.45, 7) is 8.99. The van der Waals surface area contributed by atoms with Gasteiger partial charge in [-0.05, 0) is 50.4 Å². The van der Waals surface area contributed by atoms with Gasteiger partial charge in [-0.25, -0.2) is 9.98 Å². The molecule has 2 fully saturated rings. The first-order valence-corrected chi connectivity index (χ1v) is 9.15. The number of anilines is 1. The van der Waals surface area contributed by atoms with Crippen molar-refractivity contribution in [2.75, 3.05) is 51.2 Å². The zero-order valence-electron chi connectivity index (χ0n) is 15.0. The van der Waals surface area contributed by atoms with Crippen LogP contribution in [0.15, 0.2) is 23.3 Å². The number of hydrogen-bond acceptors (Lipinski definition) is 4. The minimum Gasteiger partial charge on any atom is -0.357 e. The van der Waals surface area contributed by atoms with E-state index in [-0.39, 0.29) is 0 Å². The lowest BCUT2D eigenvalue weighted by molar-refractivity contribution is 0.312. The van der Waals surface area contributed by atoms with E-state index in [1.165, 1.54) is 18.4 Å². The third-order valence-corrected chi connectivity index (χ3v) is 4.66. The summed E-state index contributed by atoms with van der Waals surface area (Å²) >= 11 is 0. The van der Waals surface area contributed by atoms with Gasteiger partial charge < -0.3 is 20.4 Å². The van der Waals surface area contributed by atoms with E-state index in [1.807, 2.05) is 6.20 Å². The number of likely N-dealkylation sites (N-methyl/N-ethyl adjacent to an activating group) is 1. The SMILES string of the molecule is CCNC(=NCc1ccnc(N2CCN(C)CC2)c1)NCC1CC1. The molecule has 2 heterocycles. The number of aromatic nitrogens is 1. The summed E-state index contributed by atoms with van der Waals surface area (Å²) < 4.78 is 0. The zero-order chi connectivity index (χ0) is 16.8. The van der Waals surface area contributed by atoms with Gasteiger partial charge in [0.15, 0.2) is 5.96 Å². The van der Waals surface area contributed by atoms with Crippen molar-refractivity contribution in [2.24, 2.45) is 10.9 Å². The molecule has 0 radical (unpaired) electrons. The standard InChI is InChI=1S/C18H30N6/c1-3-19-18(21-13-15-4-5-15)22-14-16-6-7-20-17(12-16)24-10-8-23(2)9-11-24/h6-7,12,15H,3-5,8-11,13-14H2,1-2H3,(H2,19,21,22). The summed E-state index contributed by atoms with van der Waals surface area (Å²) in [5, 5.41) is 6.77. The number of aliphatic imine (C=N–C) groups is 1. The minimum atomic E-state index is 0.684. The average molecular weight is 330 g/mol. The van der Waals surface area contributed by atoms with Gasteiger partial charge in [0.2, 0.25) is 0 Å². The maximum absolute atomic E-state index is 4.72. The van der Waals surface area contributed by atoms with Crippen molar-refractivity contribution in [1.82, 2.24) is 20.5 Å². The fourth-order valence-electron chi connectivity index (χ4n) is 2.84. The average Bonchev–Trinajstić information content (AvgIpc) is 3.43. The van der Waals surface area contributed by atoms with Crippen molar-refractivity contribution in [1.29, 1.82) is 0 Å². The molecule has 132 valence electrons. The normalized spacial score (nSPS) is 19.4. The number of rotatable bonds is 6. The highest BCUT2D eigenvalue weighted by Gasteiger charge is 2.21. The van der Waals surface area contributed by atoms with Crippen molar-refractivity contribution >= 4 is 11.8 Å². The summed E-state index contributed by atoms with van der Waals surface area (Å²) in [6.07, 6.45) is 4.61. The summed E-state index contributed by atoms with van der Waals surface area (Å²) in [5.41, 5.74) is 1.21. The van der Waals surface area contributed by atoms with Gasteiger partial charge in [0, 0.05) is 45.5 Å². The molecule has 1 saturated heterocycles. The van der Waals surface area contributed by atoms with E-state index in [4.69, 9.17) is 4.99 Å². The fraction of sp³-hybridized carbons (Fsp3) is 0.667. The second kappa shape index (κ2) is 8.33. The number of piperazine rings is 1. The first-order chi connectivity index (χ1) is 11.7. The predicted octanol–water partition coefficient (Wildman–Crippen LogP) is 1.30. The molecule has 1 saturated carbocycles. The molecule has 6 heteroatoms. The highest BCUT2D eigenvalue weighted by molar-refractivity contribution is 5.79. The Bertz CT molecular complexity index is 546. The number of hydrogen-bond donors (Lipinski definition) is 2. The largest absolute Gasteiger partial charge is 0.357 e. The zero-order valence-corrected chi connectivity index (χ0v) is 15.0. The monoisotopic (exact) mass is 330 g/mol. The maximum atomic E-state index is 4.72. The topological polar surface area (TPSA) is 55.8 Å². The molecule has 2 N–H and O–H groups in total. The van der Waals surface area contributed by atoms with Crippen LogP contribution in [0.1, 0.15) is 25.3 Å². The van der Waals surface area contributed by atoms with Crippen LogP contribution >= 0.6 is 0 Å². The molecule has 3 rings (SSSR count). The van der Waals surface area contributed by atoms with E-state index in [1.54, 1.807) is 0 Å². The summed E-state index contributed by atoms with van der Waals surface area (Å²) in [7, 11) is 2.17. The van der Waals surface area contributed by atoms with Crippen LogP contribution in [0, 0.1) is 5.92 Å². The Morgan fingerprint density at radius 3 is 2.75 bits per heavy atom. The van der Waals surface area contributed by atoms with Gasteiger partial charge in [0.05, 0.1) is 6.54 Å². The van der Waals surface area contributed by atoms with Crippen LogP contribution in [-0.4, -0.2) is 62.2 Å². The van der Waals surface area contributed by atoms with Crippen LogP contribution < -0.4 is 15.5 Å². The van der Waals surface area contributed by atoms with Gasteiger partial charge in [-0.1, -0.05) is 0 Å². The molecule has 0 bridgehead atoms. The molecule has 6 nitrogen and oxygen atoms in total. The van der Waals surface area contributed by atoms with Gasteiger partial charge in [-0.2, -0.15) is 0 Å². The summed E-state index contributed by atoms with van der Waals surface area (Å²) in [6, 6.07) is 4.24. The predicted molar refractivity (Wildman–Crippen MR) is 99.5 cm³/mol. The minimum absolute atomic E-state index is 0.684. The Kier molecular flexibility index (Phi) is 5.91. The van der Waals surface area contributed by atoms with Gasteiger partial charge in [-0.3, -0.25) is 0 Å². The Hall–Kier alpha value is -1.82. The third kappa shape index (κ3) is 5.09. The Balaban J connectivity index is 1.58. The molecule has 1 aromatic heterocycles. The molecule has 1 aliphatic carbocycles. The Morgan fingerprint density at radius 1 is 1.25 bits per heavy atom. The number of pyridine rings is 1. The van der Waals surface area contributed by atoms with E-state index < -0.39 is 0 Å². The molecule has 0 unspecified atom stereocenters. The van der Waals surface area contributed by atoms with Gasteiger partial charge in [0.1, 0.15) is 5.82 Å². The second-order valence-corrected chi connectivity index (χ2v) is 6.83. The van der Waals surface area contributed by atoms with Crippen LogP contribution in [0.4, 0.5) is 5.82 Å². The van der Waals surface area contributed by atoms with Gasteiger partial charge in [0.25, 0.3) is 0 Å². The van der Waals surface area contributed by atoms with Crippen molar-refractivity contribution in [3.05, 3.63) is 23.9 Å². The highest BCUT2D eigenvalue weighted by atomic mass is 15.3. The van der Waals surface area contributed by atoms with Crippen molar-refractivity contribution in [3.8, 4) is 0 Å². The summed E-state index contributed by atoms with van der Waals surface area (Å²) in [5.74, 6) is 2.84. The van der Waals surface area contributed by atoms with Crippen LogP contribution in [0.3, 0.4) is 0 Å². The van der Waals surface area contributed by atoms with Crippen molar-refractivity contribution in [2.45, 2.75) is 26.3 Å². The van der Waals surface area contributed by atoms with Crippen LogP contribution in [-0.2, 0) is 6.54 Å². The summed E-state index contributed by atoms with van der Waals surface area (Å²) in [4.78, 5) is 14.0.